The lowest BCUT2D eigenvalue weighted by atomic mass is 10.00. The molecule has 0 spiro atoms. The number of ether oxygens (including phenoxy) is 6. The van der Waals surface area contributed by atoms with E-state index in [0.29, 0.717) is 104 Å². The Morgan fingerprint density at radius 1 is 0.431 bits per heavy atom. The maximum atomic E-state index is 13.9. The first-order valence-electron chi connectivity index (χ1n) is 41.6. The van der Waals surface area contributed by atoms with Gasteiger partial charge in [-0.1, -0.05) is 169 Å². The van der Waals surface area contributed by atoms with Crippen molar-refractivity contribution in [1.82, 2.24) is 54.3 Å². The molecule has 0 aliphatic carbocycles. The SMILES string of the molecule is COc1ccc(CNC(=O)c2ccnc(Cl)c2N)c(C)c1.COc1ccc(Cn2c(COc3ccc(Cc4ccccc4)cc3)nc3c(-c4nccs4)nccc3c2=O)c(C)c1.COc1ccc(Cn2c(COc3ccc(Cc4ccccc4)cc3)nc3c(Cl)nccc3c2=O)c(C)c1.O=C1CC(COc2ccc(Cc3ccccc3)cc2)=Nc2c1ccnc2-c1nccs1. The van der Waals surface area contributed by atoms with Gasteiger partial charge in [-0.2, -0.15) is 0 Å². The number of nitrogens with one attached hydrogen (secondary N) is 1. The molecule has 652 valence electrons. The number of nitrogen functional groups attached to an aromatic ring is 1. The van der Waals surface area contributed by atoms with Crippen molar-refractivity contribution in [3.63, 3.8) is 0 Å². The number of halogens is 2. The Labute approximate surface area is 768 Å². The van der Waals surface area contributed by atoms with Crippen molar-refractivity contribution in [2.24, 2.45) is 4.99 Å². The number of pyridine rings is 4. The summed E-state index contributed by atoms with van der Waals surface area (Å²) in [5.41, 5.74) is 23.3. The number of amides is 1. The van der Waals surface area contributed by atoms with Crippen LogP contribution < -0.4 is 50.6 Å². The van der Waals surface area contributed by atoms with Gasteiger partial charge >= 0.3 is 0 Å². The van der Waals surface area contributed by atoms with Crippen LogP contribution in [0.5, 0.6) is 34.5 Å². The third-order valence-corrected chi connectivity index (χ3v) is 23.7. The molecule has 27 heteroatoms. The van der Waals surface area contributed by atoms with Gasteiger partial charge < -0.3 is 39.5 Å². The summed E-state index contributed by atoms with van der Waals surface area (Å²) >= 11 is 15.0. The predicted octanol–water partition coefficient (Wildman–Crippen LogP) is 20.5. The van der Waals surface area contributed by atoms with E-state index in [0.717, 1.165) is 80.6 Å². The Balaban J connectivity index is 0.000000136. The molecule has 1 aliphatic rings. The maximum Gasteiger partial charge on any atom is 0.261 e. The molecule has 3 N–H and O–H groups in total. The molecular weight excluding hydrogens is 1710 g/mol. The number of ketones is 1. The summed E-state index contributed by atoms with van der Waals surface area (Å²) in [6, 6.07) is 79.0. The lowest BCUT2D eigenvalue weighted by Gasteiger charge is -2.17. The molecule has 18 rings (SSSR count). The Hall–Kier alpha value is -14.9. The first-order chi connectivity index (χ1) is 63.4. The van der Waals surface area contributed by atoms with Crippen molar-refractivity contribution in [3.05, 3.63) is 411 Å². The number of anilines is 1. The second-order valence-electron chi connectivity index (χ2n) is 30.3. The minimum absolute atomic E-state index is 0.0296. The Bertz CT molecular complexity index is 6980. The van der Waals surface area contributed by atoms with Crippen molar-refractivity contribution in [2.75, 3.05) is 33.7 Å². The number of carbonyl (C=O) groups excluding carboxylic acids is 2. The normalized spacial score (nSPS) is 11.4. The van der Waals surface area contributed by atoms with Gasteiger partial charge in [0.25, 0.3) is 17.0 Å². The van der Waals surface area contributed by atoms with Crippen LogP contribution in [0, 0.1) is 20.8 Å². The monoisotopic (exact) mass is 1800 g/mol. The van der Waals surface area contributed by atoms with Crippen molar-refractivity contribution >= 4 is 96.5 Å². The van der Waals surface area contributed by atoms with Crippen molar-refractivity contribution in [3.8, 4) is 55.9 Å². The number of thiazole rings is 2. The fourth-order valence-electron chi connectivity index (χ4n) is 14.5. The van der Waals surface area contributed by atoms with Crippen LogP contribution >= 0.6 is 45.9 Å². The largest absolute Gasteiger partial charge is 0.497 e. The third kappa shape index (κ3) is 22.7. The number of aliphatic imine (C=N–C) groups is 1. The van der Waals surface area contributed by atoms with Gasteiger partial charge in [-0.25, -0.2) is 29.9 Å². The predicted molar refractivity (Wildman–Crippen MR) is 513 cm³/mol. The van der Waals surface area contributed by atoms with Crippen LogP contribution in [0.2, 0.25) is 10.3 Å². The van der Waals surface area contributed by atoms with E-state index in [1.165, 1.54) is 74.5 Å². The summed E-state index contributed by atoms with van der Waals surface area (Å²) in [5, 5.41) is 9.28. The van der Waals surface area contributed by atoms with Crippen LogP contribution in [0.25, 0.3) is 43.2 Å². The fraction of sp³-hybridized carbons (Fsp3) is 0.155. The van der Waals surface area contributed by atoms with Crippen molar-refractivity contribution in [2.45, 2.75) is 79.3 Å². The van der Waals surface area contributed by atoms with Gasteiger partial charge in [0.05, 0.1) is 68.6 Å². The lowest BCUT2D eigenvalue weighted by Crippen LogP contribution is -2.27. The highest BCUT2D eigenvalue weighted by molar-refractivity contribution is 7.13. The van der Waals surface area contributed by atoms with Gasteiger partial charge in [0.2, 0.25) is 0 Å². The minimum atomic E-state index is -0.285. The zero-order valence-electron chi connectivity index (χ0n) is 71.9. The van der Waals surface area contributed by atoms with E-state index < -0.39 is 0 Å². The number of rotatable bonds is 27. The number of fused-ring (bicyclic) bond motifs is 3. The molecule has 23 nitrogen and oxygen atoms in total. The summed E-state index contributed by atoms with van der Waals surface area (Å²) < 4.78 is 37.4. The van der Waals surface area contributed by atoms with E-state index in [1.54, 1.807) is 73.5 Å². The zero-order chi connectivity index (χ0) is 90.4. The standard InChI is InChI=1S/C33H28N4O3S.C30H26ClN3O3.C25H19N3O2S.C15H16ClN3O2/c1-22-18-27(39-2)13-10-25(22)20-37-29(21-40-26-11-8-24(9-12-26)19-23-6-4-3-5-7-23)36-30-28(33(37)38)14-15-34-31(30)32-35-16-17-41-32;1-20-16-25(36-2)13-10-23(20)18-34-27(33-28-26(30(34)35)14-15-32-29(28)31)19-37-24-11-8-22(9-12-24)17-21-6-4-3-5-7-21;29-22-15-19(28-23-21(22)10-11-26-24(23)25-27-12-13-31-25)16-30-20-8-6-18(7-9-20)14-17-4-2-1-3-5-17;1-9-7-11(21-2)4-3-10(9)8-19-15(20)12-5-6-18-14(16)13(12)17/h3-18H,19-21H2,1-2H3;3-16H,17-19H2,1-2H3;1-13H,14-16H2;3-7H,8,17H2,1-2H3,(H,19,20). The Kier molecular flexibility index (Phi) is 29.8. The molecule has 9 aromatic carbocycles. The van der Waals surface area contributed by atoms with E-state index in [1.807, 2.05) is 189 Å². The van der Waals surface area contributed by atoms with Crippen LogP contribution in [0.4, 0.5) is 11.4 Å². The molecule has 1 amide bonds. The first-order valence-corrected chi connectivity index (χ1v) is 44.1. The summed E-state index contributed by atoms with van der Waals surface area (Å²) in [5.74, 6) is 5.19. The number of aromatic nitrogens is 10. The molecule has 130 heavy (non-hydrogen) atoms. The fourth-order valence-corrected chi connectivity index (χ4v) is 16.1. The van der Waals surface area contributed by atoms with Crippen LogP contribution in [0.3, 0.4) is 0 Å². The first kappa shape index (κ1) is 89.9. The molecule has 1 aliphatic heterocycles. The number of nitrogens with two attached hydrogens (primary N) is 1. The molecule has 0 bridgehead atoms. The number of hydrogen-bond donors (Lipinski definition) is 2. The quantitative estimate of drug-likeness (QED) is 0.0452. The smallest absolute Gasteiger partial charge is 0.261 e. The van der Waals surface area contributed by atoms with Crippen LogP contribution in [0.15, 0.2) is 305 Å². The number of hydrogen-bond acceptors (Lipinski definition) is 22. The molecule has 0 fully saturated rings. The summed E-state index contributed by atoms with van der Waals surface area (Å²) in [6.45, 7) is 7.52. The topological polar surface area (TPSA) is 287 Å². The zero-order valence-corrected chi connectivity index (χ0v) is 75.1. The molecular formula is C103H89Cl2N13O10S2. The van der Waals surface area contributed by atoms with Crippen LogP contribution in [-0.4, -0.2) is 94.3 Å². The van der Waals surface area contributed by atoms with Gasteiger partial charge in [-0.05, 0) is 204 Å². The molecule has 0 unspecified atom stereocenters. The molecule has 8 aromatic heterocycles. The number of carbonyl (C=O) groups is 2. The van der Waals surface area contributed by atoms with Crippen molar-refractivity contribution in [1.29, 1.82) is 0 Å². The number of benzene rings is 9. The number of aryl methyl sites for hydroxylation is 3. The van der Waals surface area contributed by atoms with Gasteiger partial charge in [-0.3, -0.25) is 43.3 Å². The average Bonchev–Trinajstić information content (AvgIpc) is 1.18. The molecule has 0 saturated heterocycles. The highest BCUT2D eigenvalue weighted by Gasteiger charge is 2.26. The number of nitrogens with zero attached hydrogens (tertiary/aromatic N) is 11. The molecule has 0 radical (unpaired) electrons. The van der Waals surface area contributed by atoms with Gasteiger partial charge in [-0.15, -0.1) is 22.7 Å². The highest BCUT2D eigenvalue weighted by atomic mass is 35.5. The Morgan fingerprint density at radius 2 is 0.831 bits per heavy atom. The lowest BCUT2D eigenvalue weighted by molar-refractivity contribution is 0.0950. The number of Topliss-reactive ketones (excluding diaryl/α,β-unsaturated/α-hetero) is 1. The van der Waals surface area contributed by atoms with E-state index >= 15 is 0 Å². The summed E-state index contributed by atoms with van der Waals surface area (Å²) in [6.07, 6.45) is 12.5. The van der Waals surface area contributed by atoms with Crippen LogP contribution in [-0.2, 0) is 52.1 Å². The van der Waals surface area contributed by atoms with Gasteiger partial charge in [0, 0.05) is 60.0 Å². The van der Waals surface area contributed by atoms with E-state index in [2.05, 4.69) is 95.9 Å². The van der Waals surface area contributed by atoms with Gasteiger partial charge in [0.1, 0.15) is 92.4 Å². The minimum Gasteiger partial charge on any atom is -0.497 e. The molecule has 0 saturated carbocycles. The third-order valence-electron chi connectivity index (χ3n) is 21.6. The van der Waals surface area contributed by atoms with Gasteiger partial charge in [0.15, 0.2) is 27.7 Å². The van der Waals surface area contributed by atoms with E-state index in [9.17, 15) is 19.2 Å². The maximum absolute atomic E-state index is 13.9. The average molecular weight is 1800 g/mol. The highest BCUT2D eigenvalue weighted by Crippen LogP contribution is 2.37. The second-order valence-corrected chi connectivity index (χ2v) is 32.8. The Morgan fingerprint density at radius 3 is 1.29 bits per heavy atom. The van der Waals surface area contributed by atoms with Crippen LogP contribution in [0.1, 0.15) is 106 Å². The van der Waals surface area contributed by atoms with E-state index in [-0.39, 0.29) is 65.0 Å². The molecule has 17 aromatic rings. The summed E-state index contributed by atoms with van der Waals surface area (Å²) in [7, 11) is 4.89. The van der Waals surface area contributed by atoms with E-state index in [4.69, 9.17) is 72.3 Å². The van der Waals surface area contributed by atoms with Crippen molar-refractivity contribution < 1.29 is 38.0 Å². The second kappa shape index (κ2) is 43.1. The molecule has 9 heterocycles. The summed E-state index contributed by atoms with van der Waals surface area (Å²) in [4.78, 5) is 92.2. The number of methoxy groups -OCH3 is 3. The molecule has 0 atom stereocenters.